The van der Waals surface area contributed by atoms with Gasteiger partial charge in [0.2, 0.25) is 5.91 Å². The number of ether oxygens (including phenoxy) is 2. The maximum Gasteiger partial charge on any atom is 0.269 e. The summed E-state index contributed by atoms with van der Waals surface area (Å²) in [6, 6.07) is 10.6. The van der Waals surface area contributed by atoms with Gasteiger partial charge in [-0.3, -0.25) is 20.4 Å². The Labute approximate surface area is 163 Å². The summed E-state index contributed by atoms with van der Waals surface area (Å²) in [6.07, 6.45) is 1.26. The molecule has 28 heavy (non-hydrogen) atoms. The van der Waals surface area contributed by atoms with Gasteiger partial charge in [-0.15, -0.1) is 0 Å². The van der Waals surface area contributed by atoms with Gasteiger partial charge < -0.3 is 9.47 Å². The third kappa shape index (κ3) is 4.08. The van der Waals surface area contributed by atoms with Gasteiger partial charge in [-0.25, -0.2) is 4.39 Å². The van der Waals surface area contributed by atoms with E-state index in [9.17, 15) is 14.0 Å². The van der Waals surface area contributed by atoms with Gasteiger partial charge in [0.25, 0.3) is 5.91 Å². The lowest BCUT2D eigenvalue weighted by Crippen LogP contribution is -2.46. The first-order valence-corrected chi connectivity index (χ1v) is 9.07. The van der Waals surface area contributed by atoms with E-state index >= 15 is 0 Å². The van der Waals surface area contributed by atoms with Crippen LogP contribution in [0.4, 0.5) is 4.39 Å². The molecule has 0 heterocycles. The summed E-state index contributed by atoms with van der Waals surface area (Å²) < 4.78 is 24.0. The van der Waals surface area contributed by atoms with Crippen molar-refractivity contribution >= 4 is 11.8 Å². The van der Waals surface area contributed by atoms with E-state index in [1.165, 1.54) is 19.2 Å². The molecular weight excluding hydrogens is 363 g/mol. The van der Waals surface area contributed by atoms with E-state index in [2.05, 4.69) is 10.9 Å². The molecule has 0 atom stereocenters. The zero-order valence-corrected chi connectivity index (χ0v) is 16.0. The van der Waals surface area contributed by atoms with Gasteiger partial charge in [0.1, 0.15) is 5.82 Å². The van der Waals surface area contributed by atoms with Crippen LogP contribution in [0, 0.1) is 5.82 Å². The van der Waals surface area contributed by atoms with Crippen molar-refractivity contribution < 1.29 is 23.5 Å². The molecule has 0 bridgehead atoms. The zero-order valence-electron chi connectivity index (χ0n) is 16.0. The van der Waals surface area contributed by atoms with Gasteiger partial charge in [0.15, 0.2) is 11.5 Å². The minimum atomic E-state index is -0.715. The topological polar surface area (TPSA) is 76.7 Å². The van der Waals surface area contributed by atoms with Crippen molar-refractivity contribution in [2.45, 2.75) is 38.2 Å². The first-order chi connectivity index (χ1) is 13.4. The van der Waals surface area contributed by atoms with Crippen molar-refractivity contribution in [2.24, 2.45) is 0 Å². The molecule has 6 nitrogen and oxygen atoms in total. The minimum absolute atomic E-state index is 0.0333. The number of methoxy groups -OCH3 is 1. The van der Waals surface area contributed by atoms with Crippen LogP contribution >= 0.6 is 0 Å². The van der Waals surface area contributed by atoms with Crippen LogP contribution in [-0.4, -0.2) is 25.0 Å². The third-order valence-electron chi connectivity index (χ3n) is 4.66. The Bertz CT molecular complexity index is 876. The first kappa shape index (κ1) is 19.7. The Hall–Kier alpha value is -3.09. The molecule has 0 spiro atoms. The molecule has 1 saturated carbocycles. The Morgan fingerprint density at radius 3 is 2.29 bits per heavy atom. The van der Waals surface area contributed by atoms with Gasteiger partial charge in [-0.05, 0) is 62.6 Å². The molecule has 3 rings (SSSR count). The molecule has 1 fully saturated rings. The number of nitrogens with one attached hydrogen (secondary N) is 2. The SMILES string of the molecule is COc1cc(C(=O)NNC(=O)C2(c3ccc(F)cc3)CC2)ccc1OC(C)C. The Balaban J connectivity index is 1.65. The summed E-state index contributed by atoms with van der Waals surface area (Å²) in [5.41, 5.74) is 5.24. The number of carbonyl (C=O) groups is 2. The minimum Gasteiger partial charge on any atom is -0.493 e. The maximum absolute atomic E-state index is 13.1. The zero-order chi connectivity index (χ0) is 20.3. The quantitative estimate of drug-likeness (QED) is 0.748. The number of hydrogen-bond donors (Lipinski definition) is 2. The van der Waals surface area contributed by atoms with E-state index in [0.29, 0.717) is 29.9 Å². The van der Waals surface area contributed by atoms with E-state index in [1.807, 2.05) is 13.8 Å². The second kappa shape index (κ2) is 7.88. The summed E-state index contributed by atoms with van der Waals surface area (Å²) in [4.78, 5) is 25.0. The van der Waals surface area contributed by atoms with Crippen molar-refractivity contribution in [3.8, 4) is 11.5 Å². The van der Waals surface area contributed by atoms with Crippen LogP contribution in [0.3, 0.4) is 0 Å². The van der Waals surface area contributed by atoms with Crippen LogP contribution in [0.25, 0.3) is 0 Å². The van der Waals surface area contributed by atoms with E-state index in [0.717, 1.165) is 5.56 Å². The second-order valence-electron chi connectivity index (χ2n) is 7.03. The predicted molar refractivity (Wildman–Crippen MR) is 102 cm³/mol. The summed E-state index contributed by atoms with van der Waals surface area (Å²) >= 11 is 0. The number of carbonyl (C=O) groups excluding carboxylic acids is 2. The van der Waals surface area contributed by atoms with E-state index in [4.69, 9.17) is 9.47 Å². The molecule has 7 heteroatoms. The molecule has 2 amide bonds. The summed E-state index contributed by atoms with van der Waals surface area (Å²) in [5.74, 6) is -0.187. The average Bonchev–Trinajstić information content (AvgIpc) is 3.48. The molecule has 0 radical (unpaired) electrons. The highest BCUT2D eigenvalue weighted by atomic mass is 19.1. The molecule has 0 aromatic heterocycles. The predicted octanol–water partition coefficient (Wildman–Crippen LogP) is 3.11. The highest BCUT2D eigenvalue weighted by Crippen LogP contribution is 2.48. The highest BCUT2D eigenvalue weighted by Gasteiger charge is 2.51. The molecule has 1 aliphatic rings. The third-order valence-corrected chi connectivity index (χ3v) is 4.66. The van der Waals surface area contributed by atoms with Crippen LogP contribution in [0.5, 0.6) is 11.5 Å². The summed E-state index contributed by atoms with van der Waals surface area (Å²) in [5, 5.41) is 0. The molecule has 0 unspecified atom stereocenters. The van der Waals surface area contributed by atoms with Crippen molar-refractivity contribution in [3.05, 3.63) is 59.4 Å². The van der Waals surface area contributed by atoms with Crippen LogP contribution in [-0.2, 0) is 10.2 Å². The Morgan fingerprint density at radius 2 is 1.71 bits per heavy atom. The van der Waals surface area contributed by atoms with Gasteiger partial charge >= 0.3 is 0 Å². The molecule has 0 saturated heterocycles. The number of benzene rings is 2. The second-order valence-corrected chi connectivity index (χ2v) is 7.03. The molecule has 2 aromatic rings. The van der Waals surface area contributed by atoms with Gasteiger partial charge in [0.05, 0.1) is 18.6 Å². The van der Waals surface area contributed by atoms with E-state index in [-0.39, 0.29) is 17.8 Å². The summed E-state index contributed by atoms with van der Waals surface area (Å²) in [7, 11) is 1.49. The molecule has 2 aromatic carbocycles. The first-order valence-electron chi connectivity index (χ1n) is 9.07. The van der Waals surface area contributed by atoms with E-state index in [1.54, 1.807) is 30.3 Å². The fourth-order valence-corrected chi connectivity index (χ4v) is 3.01. The number of hydrazine groups is 1. The number of amides is 2. The van der Waals surface area contributed by atoms with Gasteiger partial charge in [-0.1, -0.05) is 12.1 Å². The lowest BCUT2D eigenvalue weighted by atomic mass is 9.95. The smallest absolute Gasteiger partial charge is 0.269 e. The maximum atomic E-state index is 13.1. The number of halogens is 1. The standard InChI is InChI=1S/C21H23FN2O4/c1-13(2)28-17-9-4-14(12-18(17)27-3)19(25)23-24-20(26)21(10-11-21)15-5-7-16(22)8-6-15/h4-9,12-13H,10-11H2,1-3H3,(H,23,25)(H,24,26). The fourth-order valence-electron chi connectivity index (χ4n) is 3.01. The average molecular weight is 386 g/mol. The summed E-state index contributed by atoms with van der Waals surface area (Å²) in [6.45, 7) is 3.79. The van der Waals surface area contributed by atoms with Gasteiger partial charge in [-0.2, -0.15) is 0 Å². The Morgan fingerprint density at radius 1 is 1.04 bits per heavy atom. The fraction of sp³-hybridized carbons (Fsp3) is 0.333. The Kier molecular flexibility index (Phi) is 5.53. The van der Waals surface area contributed by atoms with Crippen molar-refractivity contribution in [3.63, 3.8) is 0 Å². The lowest BCUT2D eigenvalue weighted by molar-refractivity contribution is -0.124. The van der Waals surface area contributed by atoms with Gasteiger partial charge in [0, 0.05) is 5.56 Å². The van der Waals surface area contributed by atoms with Crippen LogP contribution in [0.15, 0.2) is 42.5 Å². The van der Waals surface area contributed by atoms with Crippen LogP contribution < -0.4 is 20.3 Å². The van der Waals surface area contributed by atoms with Crippen molar-refractivity contribution in [1.29, 1.82) is 0 Å². The molecule has 1 aliphatic carbocycles. The van der Waals surface area contributed by atoms with Crippen molar-refractivity contribution in [2.75, 3.05) is 7.11 Å². The molecule has 2 N–H and O–H groups in total. The van der Waals surface area contributed by atoms with Crippen LogP contribution in [0.1, 0.15) is 42.6 Å². The molecule has 0 aliphatic heterocycles. The number of rotatable bonds is 6. The van der Waals surface area contributed by atoms with Crippen LogP contribution in [0.2, 0.25) is 0 Å². The van der Waals surface area contributed by atoms with E-state index < -0.39 is 11.3 Å². The monoisotopic (exact) mass is 386 g/mol. The lowest BCUT2D eigenvalue weighted by Gasteiger charge is -2.17. The largest absolute Gasteiger partial charge is 0.493 e. The molecular formula is C21H23FN2O4. The number of hydrogen-bond acceptors (Lipinski definition) is 4. The highest BCUT2D eigenvalue weighted by molar-refractivity contribution is 5.98. The van der Waals surface area contributed by atoms with Crippen molar-refractivity contribution in [1.82, 2.24) is 10.9 Å². The molecule has 148 valence electrons. The normalized spacial score (nSPS) is 14.3.